The fourth-order valence-corrected chi connectivity index (χ4v) is 6.75. The van der Waals surface area contributed by atoms with Crippen molar-refractivity contribution >= 4 is 15.9 Å². The zero-order chi connectivity index (χ0) is 25.0. The van der Waals surface area contributed by atoms with E-state index in [1.165, 1.54) is 4.31 Å². The smallest absolute Gasteiger partial charge is 0.257 e. The predicted octanol–water partition coefficient (Wildman–Crippen LogP) is 4.70. The first-order valence-electron chi connectivity index (χ1n) is 12.3. The molecule has 1 aliphatic rings. The number of rotatable bonds is 8. The van der Waals surface area contributed by atoms with E-state index >= 15 is 0 Å². The van der Waals surface area contributed by atoms with Crippen LogP contribution in [-0.2, 0) is 30.0 Å². The summed E-state index contributed by atoms with van der Waals surface area (Å²) in [5, 5.41) is 0. The second-order valence-electron chi connectivity index (χ2n) is 9.35. The third kappa shape index (κ3) is 5.36. The summed E-state index contributed by atoms with van der Waals surface area (Å²) in [7, 11) is -2.12. The van der Waals surface area contributed by atoms with Crippen LogP contribution in [0.25, 0.3) is 0 Å². The van der Waals surface area contributed by atoms with E-state index in [2.05, 4.69) is 0 Å². The van der Waals surface area contributed by atoms with Crippen molar-refractivity contribution in [3.05, 3.63) is 88.7 Å². The van der Waals surface area contributed by atoms with Crippen LogP contribution in [0.15, 0.2) is 65.6 Å². The number of carbonyl (C=O) groups excluding carboxylic acids is 1. The Morgan fingerprint density at radius 3 is 2.03 bits per heavy atom. The molecule has 1 saturated heterocycles. The second-order valence-corrected chi connectivity index (χ2v) is 11.2. The summed E-state index contributed by atoms with van der Waals surface area (Å²) in [5.74, 6) is -0.174. The van der Waals surface area contributed by atoms with Crippen molar-refractivity contribution in [1.82, 2.24) is 13.8 Å². The minimum absolute atomic E-state index is 0.150. The molecule has 4 rings (SSSR count). The first-order valence-corrected chi connectivity index (χ1v) is 13.8. The summed E-state index contributed by atoms with van der Waals surface area (Å²) >= 11 is 0. The Kier molecular flexibility index (Phi) is 7.77. The fraction of sp³-hybridized carbons (Fsp3) is 0.393. The maximum atomic E-state index is 14.3. The minimum atomic E-state index is -3.95. The number of aromatic nitrogens is 1. The van der Waals surface area contributed by atoms with Gasteiger partial charge in [0.15, 0.2) is 0 Å². The Hall–Kier alpha value is -2.90. The number of amides is 1. The molecule has 0 N–H and O–H groups in total. The van der Waals surface area contributed by atoms with Crippen molar-refractivity contribution in [3.8, 4) is 0 Å². The van der Waals surface area contributed by atoms with Crippen molar-refractivity contribution in [2.45, 2.75) is 51.0 Å². The van der Waals surface area contributed by atoms with E-state index in [1.807, 2.05) is 84.1 Å². The molecule has 0 unspecified atom stereocenters. The zero-order valence-electron chi connectivity index (χ0n) is 20.9. The number of nitrogens with zero attached hydrogens (tertiary/aromatic N) is 3. The molecule has 0 radical (unpaired) electrons. The quantitative estimate of drug-likeness (QED) is 0.457. The highest BCUT2D eigenvalue weighted by Gasteiger charge is 2.36. The summed E-state index contributed by atoms with van der Waals surface area (Å²) in [5.41, 5.74) is 3.61. The van der Waals surface area contributed by atoms with Crippen molar-refractivity contribution in [3.63, 3.8) is 0 Å². The Labute approximate surface area is 209 Å². The molecule has 2 heterocycles. The van der Waals surface area contributed by atoms with Crippen LogP contribution in [0.5, 0.6) is 0 Å². The van der Waals surface area contributed by atoms with Gasteiger partial charge in [0.05, 0.1) is 5.56 Å². The van der Waals surface area contributed by atoms with E-state index in [4.69, 9.17) is 0 Å². The van der Waals surface area contributed by atoms with Crippen LogP contribution in [-0.4, -0.2) is 47.7 Å². The molecule has 1 amide bonds. The van der Waals surface area contributed by atoms with E-state index in [0.717, 1.165) is 30.4 Å². The van der Waals surface area contributed by atoms with Crippen LogP contribution >= 0.6 is 0 Å². The number of hydrogen-bond donors (Lipinski definition) is 0. The first kappa shape index (κ1) is 25.2. The number of sulfonamides is 1. The topological polar surface area (TPSA) is 62.6 Å². The van der Waals surface area contributed by atoms with Crippen molar-refractivity contribution in [1.29, 1.82) is 0 Å². The Balaban J connectivity index is 1.75. The molecule has 35 heavy (non-hydrogen) atoms. The van der Waals surface area contributed by atoms with E-state index in [0.29, 0.717) is 43.0 Å². The summed E-state index contributed by atoms with van der Waals surface area (Å²) in [6.07, 6.45) is 3.60. The first-order chi connectivity index (χ1) is 16.8. The lowest BCUT2D eigenvalue weighted by molar-refractivity contribution is 0.0719. The van der Waals surface area contributed by atoms with Gasteiger partial charge in [0.2, 0.25) is 10.0 Å². The lowest BCUT2D eigenvalue weighted by Crippen LogP contribution is -2.38. The van der Waals surface area contributed by atoms with Crippen LogP contribution < -0.4 is 0 Å². The monoisotopic (exact) mass is 493 g/mol. The van der Waals surface area contributed by atoms with Gasteiger partial charge in [0, 0.05) is 44.6 Å². The SMILES string of the molecule is Cc1c(C(=O)N2CCCCC2)c(S(=O)(=O)N(CCc2ccccc2)Cc2ccccc2)c(C)n1C. The van der Waals surface area contributed by atoms with Gasteiger partial charge in [-0.3, -0.25) is 4.79 Å². The fourth-order valence-electron chi connectivity index (χ4n) is 4.84. The van der Waals surface area contributed by atoms with E-state index in [-0.39, 0.29) is 17.3 Å². The van der Waals surface area contributed by atoms with Crippen LogP contribution in [0, 0.1) is 13.8 Å². The molecule has 0 aliphatic carbocycles. The molecule has 1 aromatic heterocycles. The van der Waals surface area contributed by atoms with Crippen molar-refractivity contribution in [2.24, 2.45) is 7.05 Å². The van der Waals surface area contributed by atoms with Gasteiger partial charge in [0.1, 0.15) is 4.90 Å². The van der Waals surface area contributed by atoms with Gasteiger partial charge in [-0.25, -0.2) is 8.42 Å². The van der Waals surface area contributed by atoms with Crippen LogP contribution in [0.4, 0.5) is 0 Å². The van der Waals surface area contributed by atoms with Gasteiger partial charge in [-0.15, -0.1) is 0 Å². The summed E-state index contributed by atoms with van der Waals surface area (Å²) in [4.78, 5) is 15.6. The minimum Gasteiger partial charge on any atom is -0.350 e. The molecular weight excluding hydrogens is 458 g/mol. The predicted molar refractivity (Wildman–Crippen MR) is 139 cm³/mol. The molecular formula is C28H35N3O3S. The lowest BCUT2D eigenvalue weighted by atomic mass is 10.1. The number of carbonyl (C=O) groups is 1. The number of piperidine rings is 1. The normalized spacial score (nSPS) is 14.5. The van der Waals surface area contributed by atoms with E-state index in [9.17, 15) is 13.2 Å². The van der Waals surface area contributed by atoms with Crippen molar-refractivity contribution in [2.75, 3.05) is 19.6 Å². The third-order valence-corrected chi connectivity index (χ3v) is 9.08. The third-order valence-electron chi connectivity index (χ3n) is 7.07. The summed E-state index contributed by atoms with van der Waals surface area (Å²) < 4.78 is 32.0. The Bertz CT molecular complexity index is 1260. The number of hydrogen-bond acceptors (Lipinski definition) is 3. The van der Waals surface area contributed by atoms with E-state index in [1.54, 1.807) is 6.92 Å². The standard InChI is InChI=1S/C28H35N3O3S/c1-22-26(28(32)30-18-11-6-12-19-30)27(23(2)29(22)3)35(33,34)31(21-25-15-9-5-10-16-25)20-17-24-13-7-4-8-14-24/h4-5,7-10,13-16H,6,11-12,17-21H2,1-3H3. The average Bonchev–Trinajstić information content (AvgIpc) is 3.12. The number of benzene rings is 2. The molecule has 186 valence electrons. The molecule has 0 saturated carbocycles. The summed E-state index contributed by atoms with van der Waals surface area (Å²) in [6, 6.07) is 19.5. The molecule has 7 heteroatoms. The van der Waals surface area contributed by atoms with Gasteiger partial charge in [-0.1, -0.05) is 60.7 Å². The van der Waals surface area contributed by atoms with Gasteiger partial charge in [-0.2, -0.15) is 4.31 Å². The maximum absolute atomic E-state index is 14.3. The molecule has 0 spiro atoms. The van der Waals surface area contributed by atoms with Crippen molar-refractivity contribution < 1.29 is 13.2 Å². The van der Waals surface area contributed by atoms with E-state index < -0.39 is 10.0 Å². The number of likely N-dealkylation sites (tertiary alicyclic amines) is 1. The highest BCUT2D eigenvalue weighted by Crippen LogP contribution is 2.31. The molecule has 2 aromatic carbocycles. The van der Waals surface area contributed by atoms with Crippen LogP contribution in [0.1, 0.15) is 52.1 Å². The lowest BCUT2D eigenvalue weighted by Gasteiger charge is -2.28. The Morgan fingerprint density at radius 2 is 1.43 bits per heavy atom. The van der Waals surface area contributed by atoms with Gasteiger partial charge < -0.3 is 9.47 Å². The second kappa shape index (κ2) is 10.8. The van der Waals surface area contributed by atoms with Crippen LogP contribution in [0.2, 0.25) is 0 Å². The van der Waals surface area contributed by atoms with Crippen LogP contribution in [0.3, 0.4) is 0 Å². The molecule has 1 fully saturated rings. The molecule has 1 aliphatic heterocycles. The molecule has 0 bridgehead atoms. The molecule has 6 nitrogen and oxygen atoms in total. The largest absolute Gasteiger partial charge is 0.350 e. The van der Waals surface area contributed by atoms with Gasteiger partial charge in [-0.05, 0) is 50.7 Å². The van der Waals surface area contributed by atoms with Gasteiger partial charge >= 0.3 is 0 Å². The van der Waals surface area contributed by atoms with Gasteiger partial charge in [0.25, 0.3) is 5.91 Å². The summed E-state index contributed by atoms with van der Waals surface area (Å²) in [6.45, 7) is 5.56. The zero-order valence-corrected chi connectivity index (χ0v) is 21.7. The highest BCUT2D eigenvalue weighted by atomic mass is 32.2. The molecule has 0 atom stereocenters. The molecule has 3 aromatic rings. The Morgan fingerprint density at radius 1 is 0.857 bits per heavy atom. The maximum Gasteiger partial charge on any atom is 0.257 e. The highest BCUT2D eigenvalue weighted by molar-refractivity contribution is 7.89. The average molecular weight is 494 g/mol.